The highest BCUT2D eigenvalue weighted by Crippen LogP contribution is 2.19. The van der Waals surface area contributed by atoms with E-state index in [4.69, 9.17) is 17.0 Å². The lowest BCUT2D eigenvalue weighted by atomic mass is 10.3. The van der Waals surface area contributed by atoms with E-state index < -0.39 is 0 Å². The number of ether oxygens (including phenoxy) is 1. The van der Waals surface area contributed by atoms with E-state index in [1.807, 2.05) is 0 Å². The van der Waals surface area contributed by atoms with Gasteiger partial charge in [0.1, 0.15) is 5.82 Å². The Hall–Kier alpha value is -0.720. The molecule has 0 amide bonds. The normalized spacial score (nSPS) is 9.94. The minimum Gasteiger partial charge on any atom is -0.383 e. The Labute approximate surface area is 107 Å². The minimum atomic E-state index is -0.302. The molecule has 0 saturated carbocycles. The molecule has 0 bridgehead atoms. The van der Waals surface area contributed by atoms with Gasteiger partial charge in [0.05, 0.1) is 11.1 Å². The molecule has 0 radical (unpaired) electrons. The van der Waals surface area contributed by atoms with Crippen LogP contribution < -0.4 is 10.6 Å². The summed E-state index contributed by atoms with van der Waals surface area (Å²) in [6.45, 7) is 1.21. The molecule has 3 nitrogen and oxygen atoms in total. The smallest absolute Gasteiger partial charge is 0.170 e. The average Bonchev–Trinajstić information content (AvgIpc) is 2.24. The zero-order chi connectivity index (χ0) is 12.0. The van der Waals surface area contributed by atoms with Gasteiger partial charge in [-0.15, -0.1) is 0 Å². The van der Waals surface area contributed by atoms with Crippen LogP contribution in [0.15, 0.2) is 22.7 Å². The van der Waals surface area contributed by atoms with Crippen LogP contribution in [0, 0.1) is 5.82 Å². The van der Waals surface area contributed by atoms with Crippen molar-refractivity contribution >= 4 is 38.9 Å². The molecule has 88 valence electrons. The number of benzene rings is 1. The van der Waals surface area contributed by atoms with Crippen LogP contribution in [-0.2, 0) is 4.74 Å². The topological polar surface area (TPSA) is 33.3 Å². The molecule has 6 heteroatoms. The lowest BCUT2D eigenvalue weighted by Gasteiger charge is -2.10. The number of anilines is 1. The van der Waals surface area contributed by atoms with Gasteiger partial charge >= 0.3 is 0 Å². The molecule has 0 fully saturated rings. The molecule has 1 rings (SSSR count). The van der Waals surface area contributed by atoms with Gasteiger partial charge in [0.15, 0.2) is 5.11 Å². The van der Waals surface area contributed by atoms with E-state index in [9.17, 15) is 4.39 Å². The summed E-state index contributed by atoms with van der Waals surface area (Å²) in [6, 6.07) is 4.61. The van der Waals surface area contributed by atoms with E-state index in [2.05, 4.69) is 26.6 Å². The van der Waals surface area contributed by atoms with Crippen LogP contribution in [0.5, 0.6) is 0 Å². The molecule has 0 aromatic heterocycles. The lowest BCUT2D eigenvalue weighted by Crippen LogP contribution is -2.31. The number of halogens is 2. The van der Waals surface area contributed by atoms with Crippen LogP contribution >= 0.6 is 28.1 Å². The molecule has 0 heterocycles. The van der Waals surface area contributed by atoms with Crippen LogP contribution in [0.2, 0.25) is 0 Å². The second kappa shape index (κ2) is 6.78. The quantitative estimate of drug-likeness (QED) is 0.661. The molecule has 0 aliphatic carbocycles. The molecule has 1 aromatic rings. The summed E-state index contributed by atoms with van der Waals surface area (Å²) in [4.78, 5) is 0. The van der Waals surface area contributed by atoms with Gasteiger partial charge < -0.3 is 15.4 Å². The third-order valence-corrected chi connectivity index (χ3v) is 2.62. The van der Waals surface area contributed by atoms with E-state index in [0.717, 1.165) is 5.69 Å². The van der Waals surface area contributed by atoms with Crippen LogP contribution in [0.1, 0.15) is 0 Å². The van der Waals surface area contributed by atoms with Crippen molar-refractivity contribution in [3.8, 4) is 0 Å². The van der Waals surface area contributed by atoms with Crippen LogP contribution in [-0.4, -0.2) is 25.4 Å². The maximum atomic E-state index is 12.9. The van der Waals surface area contributed by atoms with Crippen molar-refractivity contribution in [1.82, 2.24) is 5.32 Å². The van der Waals surface area contributed by atoms with Gasteiger partial charge in [-0.3, -0.25) is 0 Å². The van der Waals surface area contributed by atoms with Gasteiger partial charge in [-0.2, -0.15) is 0 Å². The van der Waals surface area contributed by atoms with Crippen LogP contribution in [0.4, 0.5) is 10.1 Å². The number of rotatable bonds is 4. The fourth-order valence-electron chi connectivity index (χ4n) is 1.02. The molecule has 0 aliphatic heterocycles. The van der Waals surface area contributed by atoms with E-state index in [-0.39, 0.29) is 5.82 Å². The third kappa shape index (κ3) is 4.42. The fourth-order valence-corrected chi connectivity index (χ4v) is 1.61. The number of thiocarbonyl (C=S) groups is 1. The molecule has 0 spiro atoms. The van der Waals surface area contributed by atoms with Crippen LogP contribution in [0.3, 0.4) is 0 Å². The molecule has 0 atom stereocenters. The predicted molar refractivity (Wildman–Crippen MR) is 70.2 cm³/mol. The van der Waals surface area contributed by atoms with Crippen molar-refractivity contribution in [2.24, 2.45) is 0 Å². The Balaban J connectivity index is 2.46. The summed E-state index contributed by atoms with van der Waals surface area (Å²) in [5.41, 5.74) is 0.725. The van der Waals surface area contributed by atoms with Gasteiger partial charge in [0.2, 0.25) is 0 Å². The van der Waals surface area contributed by atoms with Gasteiger partial charge in [0.25, 0.3) is 0 Å². The highest BCUT2D eigenvalue weighted by Gasteiger charge is 2.01. The monoisotopic (exact) mass is 306 g/mol. The van der Waals surface area contributed by atoms with Gasteiger partial charge in [-0.25, -0.2) is 4.39 Å². The Morgan fingerprint density at radius 2 is 2.31 bits per heavy atom. The molecule has 0 aliphatic rings. The predicted octanol–water partition coefficient (Wildman–Crippen LogP) is 2.52. The van der Waals surface area contributed by atoms with E-state index in [1.165, 1.54) is 6.07 Å². The summed E-state index contributed by atoms with van der Waals surface area (Å²) in [5.74, 6) is -0.302. The number of methoxy groups -OCH3 is 1. The van der Waals surface area contributed by atoms with Crippen molar-refractivity contribution in [3.63, 3.8) is 0 Å². The van der Waals surface area contributed by atoms with Gasteiger partial charge in [0, 0.05) is 19.3 Å². The summed E-state index contributed by atoms with van der Waals surface area (Å²) < 4.78 is 18.2. The summed E-state index contributed by atoms with van der Waals surface area (Å²) in [7, 11) is 1.62. The SMILES string of the molecule is COCCNC(=S)Nc1ccc(F)c(Br)c1. The first-order chi connectivity index (χ1) is 7.63. The first kappa shape index (κ1) is 13.3. The third-order valence-electron chi connectivity index (χ3n) is 1.77. The van der Waals surface area contributed by atoms with E-state index >= 15 is 0 Å². The summed E-state index contributed by atoms with van der Waals surface area (Å²) in [6.07, 6.45) is 0. The molecular weight excluding hydrogens is 295 g/mol. The largest absolute Gasteiger partial charge is 0.383 e. The first-order valence-corrected chi connectivity index (χ1v) is 5.82. The maximum absolute atomic E-state index is 12.9. The number of hydrogen-bond acceptors (Lipinski definition) is 2. The fraction of sp³-hybridized carbons (Fsp3) is 0.300. The number of hydrogen-bond donors (Lipinski definition) is 2. The van der Waals surface area contributed by atoms with Gasteiger partial charge in [-0.05, 0) is 46.3 Å². The van der Waals surface area contributed by atoms with Crippen molar-refractivity contribution in [3.05, 3.63) is 28.5 Å². The van der Waals surface area contributed by atoms with Crippen molar-refractivity contribution in [2.45, 2.75) is 0 Å². The maximum Gasteiger partial charge on any atom is 0.170 e. The molecule has 0 saturated heterocycles. The highest BCUT2D eigenvalue weighted by molar-refractivity contribution is 9.10. The van der Waals surface area contributed by atoms with Crippen molar-refractivity contribution < 1.29 is 9.13 Å². The minimum absolute atomic E-state index is 0.302. The number of nitrogens with one attached hydrogen (secondary N) is 2. The lowest BCUT2D eigenvalue weighted by molar-refractivity contribution is 0.204. The van der Waals surface area contributed by atoms with E-state index in [1.54, 1.807) is 19.2 Å². The zero-order valence-corrected chi connectivity index (χ0v) is 11.1. The Morgan fingerprint density at radius 3 is 2.94 bits per heavy atom. The molecule has 0 unspecified atom stereocenters. The highest BCUT2D eigenvalue weighted by atomic mass is 79.9. The molecular formula is C10H12BrFN2OS. The van der Waals surface area contributed by atoms with Crippen molar-refractivity contribution in [1.29, 1.82) is 0 Å². The average molecular weight is 307 g/mol. The molecule has 16 heavy (non-hydrogen) atoms. The standard InChI is InChI=1S/C10H12BrFN2OS/c1-15-5-4-13-10(16)14-7-2-3-9(12)8(11)6-7/h2-3,6H,4-5H2,1H3,(H2,13,14,16). The van der Waals surface area contributed by atoms with Crippen molar-refractivity contribution in [2.75, 3.05) is 25.6 Å². The van der Waals surface area contributed by atoms with Gasteiger partial charge in [-0.1, -0.05) is 0 Å². The second-order valence-corrected chi connectivity index (χ2v) is 4.27. The first-order valence-electron chi connectivity index (χ1n) is 4.62. The Kier molecular flexibility index (Phi) is 5.65. The Bertz CT molecular complexity index is 376. The second-order valence-electron chi connectivity index (χ2n) is 3.00. The summed E-state index contributed by atoms with van der Waals surface area (Å²) in [5, 5.41) is 6.37. The van der Waals surface area contributed by atoms with E-state index in [0.29, 0.717) is 22.7 Å². The Morgan fingerprint density at radius 1 is 1.56 bits per heavy atom. The zero-order valence-electron chi connectivity index (χ0n) is 8.72. The van der Waals surface area contributed by atoms with Crippen LogP contribution in [0.25, 0.3) is 0 Å². The summed E-state index contributed by atoms with van der Waals surface area (Å²) >= 11 is 8.14. The molecule has 1 aromatic carbocycles. The molecule has 2 N–H and O–H groups in total.